The molecule has 2 atom stereocenters. The molecule has 166 valence electrons. The van der Waals surface area contributed by atoms with Gasteiger partial charge >= 0.3 is 0 Å². The number of imidazole rings is 1. The van der Waals surface area contributed by atoms with Crippen molar-refractivity contribution in [1.29, 1.82) is 0 Å². The molecule has 0 aliphatic carbocycles. The van der Waals surface area contributed by atoms with E-state index in [1.54, 1.807) is 11.8 Å². The molecule has 3 aromatic rings. The normalized spacial score (nSPS) is 20.7. The number of anilines is 1. The number of amides is 2. The van der Waals surface area contributed by atoms with Crippen molar-refractivity contribution in [3.8, 4) is 10.8 Å². The molecule has 1 saturated heterocycles. The Labute approximate surface area is 187 Å². The molecule has 2 aliphatic heterocycles. The largest absolute Gasteiger partial charge is 0.391 e. The Balaban J connectivity index is 1.58. The predicted molar refractivity (Wildman–Crippen MR) is 115 cm³/mol. The first-order chi connectivity index (χ1) is 15.3. The van der Waals surface area contributed by atoms with Gasteiger partial charge in [0, 0.05) is 18.7 Å². The lowest BCUT2D eigenvalue weighted by Gasteiger charge is -2.36. The highest BCUT2D eigenvalue weighted by atomic mass is 32.1. The van der Waals surface area contributed by atoms with Crippen LogP contribution in [0.1, 0.15) is 41.3 Å². The van der Waals surface area contributed by atoms with Gasteiger partial charge in [0.05, 0.1) is 30.8 Å². The molecular formula is C21H21FN6O3S. The Hall–Kier alpha value is -3.18. The standard InChI is InChI=1S/C21H21FN6O3S/c1-11-17-18(28-10-15(29)9-16(28)30)24-19(20-23-12(2)25-32-20)27(17)8-7-26(11)21(31)13-3-5-14(22)6-4-13/h3-6,11,15,29H,7-10H2,1-2H3/t11-,15-/m1/s1. The number of carbonyl (C=O) groups excluding carboxylic acids is 2. The van der Waals surface area contributed by atoms with E-state index in [2.05, 4.69) is 9.36 Å². The van der Waals surface area contributed by atoms with Gasteiger partial charge in [0.1, 0.15) is 11.6 Å². The van der Waals surface area contributed by atoms with Crippen LogP contribution in [-0.4, -0.2) is 59.9 Å². The van der Waals surface area contributed by atoms with E-state index >= 15 is 0 Å². The zero-order valence-corrected chi connectivity index (χ0v) is 18.3. The molecule has 0 bridgehead atoms. The van der Waals surface area contributed by atoms with Gasteiger partial charge in [0.15, 0.2) is 16.6 Å². The van der Waals surface area contributed by atoms with Gasteiger partial charge in [-0.3, -0.25) is 14.5 Å². The van der Waals surface area contributed by atoms with Gasteiger partial charge in [0.2, 0.25) is 5.91 Å². The van der Waals surface area contributed by atoms with E-state index in [4.69, 9.17) is 4.98 Å². The lowest BCUT2D eigenvalue weighted by molar-refractivity contribution is -0.117. The van der Waals surface area contributed by atoms with Crippen molar-refractivity contribution in [2.24, 2.45) is 0 Å². The van der Waals surface area contributed by atoms with Crippen molar-refractivity contribution in [3.63, 3.8) is 0 Å². The van der Waals surface area contributed by atoms with Crippen LogP contribution in [0.15, 0.2) is 24.3 Å². The molecule has 0 saturated carbocycles. The summed E-state index contributed by atoms with van der Waals surface area (Å²) >= 11 is 1.23. The van der Waals surface area contributed by atoms with E-state index in [1.807, 2.05) is 11.5 Å². The molecule has 32 heavy (non-hydrogen) atoms. The molecule has 0 spiro atoms. The van der Waals surface area contributed by atoms with E-state index in [1.165, 1.54) is 40.7 Å². The van der Waals surface area contributed by atoms with Crippen LogP contribution in [0.2, 0.25) is 0 Å². The SMILES string of the molecule is Cc1nsc(-c2nc(N3C[C@H](O)CC3=O)c3n2CCN(C(=O)c2ccc(F)cc2)[C@@H]3C)n1. The number of rotatable bonds is 3. The number of fused-ring (bicyclic) bond motifs is 1. The molecule has 0 unspecified atom stereocenters. The Morgan fingerprint density at radius 3 is 2.59 bits per heavy atom. The summed E-state index contributed by atoms with van der Waals surface area (Å²) in [5.74, 6) is 0.809. The molecule has 2 aromatic heterocycles. The lowest BCUT2D eigenvalue weighted by atomic mass is 10.1. The number of aromatic nitrogens is 4. The molecule has 4 heterocycles. The van der Waals surface area contributed by atoms with Gasteiger partial charge in [-0.1, -0.05) is 0 Å². The smallest absolute Gasteiger partial charge is 0.254 e. The average molecular weight is 457 g/mol. The van der Waals surface area contributed by atoms with Crippen molar-refractivity contribution < 1.29 is 19.1 Å². The van der Waals surface area contributed by atoms with E-state index in [0.717, 1.165) is 0 Å². The van der Waals surface area contributed by atoms with Crippen molar-refractivity contribution in [1.82, 2.24) is 23.8 Å². The average Bonchev–Trinajstić information content (AvgIpc) is 3.45. The number of aliphatic hydroxyl groups is 1. The second-order valence-corrected chi connectivity index (χ2v) is 8.74. The maximum absolute atomic E-state index is 13.3. The number of halogens is 1. The second kappa shape index (κ2) is 7.75. The number of nitrogens with zero attached hydrogens (tertiary/aromatic N) is 6. The highest BCUT2D eigenvalue weighted by molar-refractivity contribution is 7.09. The molecular weight excluding hydrogens is 435 g/mol. The van der Waals surface area contributed by atoms with Crippen molar-refractivity contribution in [3.05, 3.63) is 47.2 Å². The number of aryl methyl sites for hydroxylation is 1. The lowest BCUT2D eigenvalue weighted by Crippen LogP contribution is -2.42. The van der Waals surface area contributed by atoms with Crippen LogP contribution >= 0.6 is 11.5 Å². The third-order valence-corrected chi connectivity index (χ3v) is 6.65. The van der Waals surface area contributed by atoms with Crippen LogP contribution in [-0.2, 0) is 11.3 Å². The van der Waals surface area contributed by atoms with E-state index in [0.29, 0.717) is 46.8 Å². The van der Waals surface area contributed by atoms with E-state index in [-0.39, 0.29) is 24.8 Å². The number of benzene rings is 1. The van der Waals surface area contributed by atoms with Crippen molar-refractivity contribution >= 4 is 29.2 Å². The van der Waals surface area contributed by atoms with Crippen LogP contribution in [0.5, 0.6) is 0 Å². The molecule has 1 fully saturated rings. The third-order valence-electron chi connectivity index (χ3n) is 5.85. The van der Waals surface area contributed by atoms with Gasteiger partial charge in [-0.2, -0.15) is 4.37 Å². The highest BCUT2D eigenvalue weighted by Crippen LogP contribution is 2.39. The van der Waals surface area contributed by atoms with Gasteiger partial charge in [-0.15, -0.1) is 0 Å². The number of hydrogen-bond acceptors (Lipinski definition) is 7. The fraction of sp³-hybridized carbons (Fsp3) is 0.381. The molecule has 11 heteroatoms. The van der Waals surface area contributed by atoms with Gasteiger partial charge in [0.25, 0.3) is 5.91 Å². The Bertz CT molecular complexity index is 1210. The van der Waals surface area contributed by atoms with Crippen LogP contribution in [0.25, 0.3) is 10.8 Å². The Morgan fingerprint density at radius 2 is 1.97 bits per heavy atom. The van der Waals surface area contributed by atoms with Crippen LogP contribution in [0.3, 0.4) is 0 Å². The van der Waals surface area contributed by atoms with Gasteiger partial charge in [-0.25, -0.2) is 14.4 Å². The van der Waals surface area contributed by atoms with Gasteiger partial charge in [-0.05, 0) is 49.6 Å². The minimum Gasteiger partial charge on any atom is -0.391 e. The van der Waals surface area contributed by atoms with E-state index < -0.39 is 18.0 Å². The summed E-state index contributed by atoms with van der Waals surface area (Å²) in [4.78, 5) is 38.1. The number of aliphatic hydroxyl groups excluding tert-OH is 1. The second-order valence-electron chi connectivity index (χ2n) is 7.99. The third kappa shape index (κ3) is 3.37. The summed E-state index contributed by atoms with van der Waals surface area (Å²) < 4.78 is 19.5. The first-order valence-corrected chi connectivity index (χ1v) is 11.1. The van der Waals surface area contributed by atoms with Crippen LogP contribution in [0.4, 0.5) is 10.2 Å². The quantitative estimate of drug-likeness (QED) is 0.648. The molecule has 1 aromatic carbocycles. The zero-order valence-electron chi connectivity index (χ0n) is 17.5. The minimum atomic E-state index is -0.761. The maximum Gasteiger partial charge on any atom is 0.254 e. The van der Waals surface area contributed by atoms with Crippen LogP contribution < -0.4 is 4.90 Å². The molecule has 2 aliphatic rings. The molecule has 1 N–H and O–H groups in total. The summed E-state index contributed by atoms with van der Waals surface area (Å²) in [5.41, 5.74) is 1.09. The highest BCUT2D eigenvalue weighted by Gasteiger charge is 2.39. The summed E-state index contributed by atoms with van der Waals surface area (Å²) in [5, 5.41) is 10.7. The number of carbonyl (C=O) groups is 2. The first kappa shape index (κ1) is 20.7. The van der Waals surface area contributed by atoms with E-state index in [9.17, 15) is 19.1 Å². The molecule has 9 nitrogen and oxygen atoms in total. The molecule has 5 rings (SSSR count). The summed E-state index contributed by atoms with van der Waals surface area (Å²) in [6.45, 7) is 4.70. The fourth-order valence-corrected chi connectivity index (χ4v) is 4.99. The molecule has 0 radical (unpaired) electrons. The number of hydrogen-bond donors (Lipinski definition) is 1. The molecule has 2 amide bonds. The Kier molecular flexibility index (Phi) is 5.01. The Morgan fingerprint density at radius 1 is 1.22 bits per heavy atom. The fourth-order valence-electron chi connectivity index (χ4n) is 4.32. The summed E-state index contributed by atoms with van der Waals surface area (Å²) in [6, 6.07) is 5.05. The predicted octanol–water partition coefficient (Wildman–Crippen LogP) is 2.16. The minimum absolute atomic E-state index is 0.0339. The van der Waals surface area contributed by atoms with Crippen molar-refractivity contribution in [2.45, 2.75) is 39.0 Å². The van der Waals surface area contributed by atoms with Crippen molar-refractivity contribution in [2.75, 3.05) is 18.0 Å². The summed E-state index contributed by atoms with van der Waals surface area (Å²) in [6.07, 6.45) is -0.727. The summed E-state index contributed by atoms with van der Waals surface area (Å²) in [7, 11) is 0. The monoisotopic (exact) mass is 456 g/mol. The van der Waals surface area contributed by atoms with Gasteiger partial charge < -0.3 is 14.6 Å². The van der Waals surface area contributed by atoms with Crippen LogP contribution in [0, 0.1) is 12.7 Å². The number of β-amino-alcohol motifs (C(OH)–C–C–N with tert-alkyl or cyclic N) is 1. The first-order valence-electron chi connectivity index (χ1n) is 10.3. The topological polar surface area (TPSA) is 104 Å². The zero-order chi connectivity index (χ0) is 22.6. The maximum atomic E-state index is 13.3.